The molecule has 1 rings (SSSR count). The molecule has 2 N–H and O–H groups in total. The number of para-hydroxylation sites is 1. The van der Waals surface area contributed by atoms with Crippen molar-refractivity contribution in [3.63, 3.8) is 0 Å². The number of hydrogen-bond donors (Lipinski definition) is 2. The Kier molecular flexibility index (Phi) is 5.46. The Morgan fingerprint density at radius 2 is 1.68 bits per heavy atom. The summed E-state index contributed by atoms with van der Waals surface area (Å²) in [4.78, 5) is 22.5. The van der Waals surface area contributed by atoms with Gasteiger partial charge in [0.15, 0.2) is 0 Å². The van der Waals surface area contributed by atoms with Gasteiger partial charge >= 0.3 is 12.0 Å². The van der Waals surface area contributed by atoms with Crippen LogP contribution in [0, 0.1) is 0 Å². The van der Waals surface area contributed by atoms with Crippen molar-refractivity contribution < 1.29 is 23.8 Å². The molecular formula is C12H16N2O5. The highest BCUT2D eigenvalue weighted by Gasteiger charge is 2.13. The smallest absolute Gasteiger partial charge is 0.325 e. The van der Waals surface area contributed by atoms with Crippen LogP contribution in [-0.2, 0) is 9.53 Å². The first kappa shape index (κ1) is 14.6. The van der Waals surface area contributed by atoms with Gasteiger partial charge in [-0.3, -0.25) is 4.79 Å². The molecule has 0 atom stereocenters. The molecule has 1 aromatic rings. The lowest BCUT2D eigenvalue weighted by molar-refractivity contribution is -0.139. The van der Waals surface area contributed by atoms with E-state index in [0.717, 1.165) is 0 Å². The van der Waals surface area contributed by atoms with Crippen LogP contribution >= 0.6 is 0 Å². The predicted octanol–water partition coefficient (Wildman–Crippen LogP) is 0.998. The van der Waals surface area contributed by atoms with Crippen molar-refractivity contribution in [1.29, 1.82) is 0 Å². The van der Waals surface area contributed by atoms with Crippen LogP contribution < -0.4 is 20.1 Å². The normalized spacial score (nSPS) is 9.42. The number of ether oxygens (including phenoxy) is 3. The van der Waals surface area contributed by atoms with Crippen molar-refractivity contribution in [3.05, 3.63) is 18.2 Å². The molecule has 0 spiro atoms. The Morgan fingerprint density at radius 3 is 2.16 bits per heavy atom. The fourth-order valence-corrected chi connectivity index (χ4v) is 1.36. The lowest BCUT2D eigenvalue weighted by Crippen LogP contribution is -2.33. The Bertz CT molecular complexity index is 439. The molecule has 19 heavy (non-hydrogen) atoms. The maximum absolute atomic E-state index is 11.6. The average molecular weight is 268 g/mol. The minimum absolute atomic E-state index is 0.222. The van der Waals surface area contributed by atoms with Crippen molar-refractivity contribution in [2.24, 2.45) is 0 Å². The van der Waals surface area contributed by atoms with Gasteiger partial charge in [0, 0.05) is 0 Å². The first-order valence-electron chi connectivity index (χ1n) is 5.45. The van der Waals surface area contributed by atoms with Crippen molar-refractivity contribution in [2.45, 2.75) is 0 Å². The van der Waals surface area contributed by atoms with E-state index in [4.69, 9.17) is 9.47 Å². The van der Waals surface area contributed by atoms with Gasteiger partial charge in [0.1, 0.15) is 23.7 Å². The van der Waals surface area contributed by atoms with Crippen LogP contribution in [0.4, 0.5) is 10.5 Å². The number of carbonyl (C=O) groups is 2. The van der Waals surface area contributed by atoms with Crippen LogP contribution in [-0.4, -0.2) is 39.9 Å². The molecule has 0 aliphatic carbocycles. The zero-order chi connectivity index (χ0) is 14.3. The van der Waals surface area contributed by atoms with Crippen LogP contribution in [0.5, 0.6) is 11.5 Å². The molecule has 1 aromatic carbocycles. The van der Waals surface area contributed by atoms with Gasteiger partial charge in [0.05, 0.1) is 21.3 Å². The Balaban J connectivity index is 2.75. The summed E-state index contributed by atoms with van der Waals surface area (Å²) >= 11 is 0. The zero-order valence-electron chi connectivity index (χ0n) is 11.0. The number of methoxy groups -OCH3 is 3. The van der Waals surface area contributed by atoms with E-state index in [0.29, 0.717) is 17.2 Å². The fraction of sp³-hybridized carbons (Fsp3) is 0.333. The third-order valence-electron chi connectivity index (χ3n) is 2.29. The van der Waals surface area contributed by atoms with E-state index in [1.165, 1.54) is 21.3 Å². The van der Waals surface area contributed by atoms with Gasteiger partial charge < -0.3 is 24.8 Å². The van der Waals surface area contributed by atoms with Crippen molar-refractivity contribution in [2.75, 3.05) is 33.2 Å². The first-order valence-corrected chi connectivity index (χ1v) is 5.45. The van der Waals surface area contributed by atoms with Crippen molar-refractivity contribution >= 4 is 17.7 Å². The minimum Gasteiger partial charge on any atom is -0.494 e. The molecular weight excluding hydrogens is 252 g/mol. The second-order valence-corrected chi connectivity index (χ2v) is 3.42. The van der Waals surface area contributed by atoms with Crippen LogP contribution in [0.1, 0.15) is 0 Å². The number of rotatable bonds is 5. The van der Waals surface area contributed by atoms with Gasteiger partial charge in [-0.15, -0.1) is 0 Å². The summed E-state index contributed by atoms with van der Waals surface area (Å²) in [5.41, 5.74) is 0.384. The summed E-state index contributed by atoms with van der Waals surface area (Å²) in [5.74, 6) is 0.363. The van der Waals surface area contributed by atoms with Gasteiger partial charge in [-0.1, -0.05) is 6.07 Å². The Morgan fingerprint density at radius 1 is 1.11 bits per heavy atom. The highest BCUT2D eigenvalue weighted by atomic mass is 16.5. The molecule has 2 amide bonds. The van der Waals surface area contributed by atoms with Crippen LogP contribution in [0.15, 0.2) is 18.2 Å². The minimum atomic E-state index is -0.562. The average Bonchev–Trinajstić information content (AvgIpc) is 2.44. The van der Waals surface area contributed by atoms with Crippen molar-refractivity contribution in [3.8, 4) is 11.5 Å². The molecule has 0 aliphatic heterocycles. The van der Waals surface area contributed by atoms with Gasteiger partial charge in [0.25, 0.3) is 0 Å². The maximum atomic E-state index is 11.6. The van der Waals surface area contributed by atoms with E-state index in [1.54, 1.807) is 18.2 Å². The summed E-state index contributed by atoms with van der Waals surface area (Å²) in [7, 11) is 4.20. The highest BCUT2D eigenvalue weighted by molar-refractivity contribution is 5.94. The van der Waals surface area contributed by atoms with Crippen molar-refractivity contribution in [1.82, 2.24) is 5.32 Å². The quantitative estimate of drug-likeness (QED) is 0.778. The number of carbonyl (C=O) groups excluding carboxylic acids is 2. The standard InChI is InChI=1S/C12H16N2O5/c1-17-8-5-4-6-9(18-2)11(8)14-12(16)13-7-10(15)19-3/h4-6H,7H2,1-3H3,(H2,13,14,16). The largest absolute Gasteiger partial charge is 0.494 e. The van der Waals surface area contributed by atoms with E-state index in [2.05, 4.69) is 15.4 Å². The van der Waals surface area contributed by atoms with Crippen LogP contribution in [0.2, 0.25) is 0 Å². The molecule has 0 unspecified atom stereocenters. The predicted molar refractivity (Wildman–Crippen MR) is 68.6 cm³/mol. The molecule has 0 fully saturated rings. The topological polar surface area (TPSA) is 85.9 Å². The van der Waals surface area contributed by atoms with Crippen LogP contribution in [0.3, 0.4) is 0 Å². The number of esters is 1. The second kappa shape index (κ2) is 7.10. The molecule has 0 radical (unpaired) electrons. The highest BCUT2D eigenvalue weighted by Crippen LogP contribution is 2.33. The first-order chi connectivity index (χ1) is 9.12. The monoisotopic (exact) mass is 268 g/mol. The molecule has 7 nitrogen and oxygen atoms in total. The van der Waals surface area contributed by atoms with E-state index < -0.39 is 12.0 Å². The molecule has 7 heteroatoms. The summed E-state index contributed by atoms with van der Waals surface area (Å²) < 4.78 is 14.7. The molecule has 104 valence electrons. The van der Waals surface area contributed by atoms with Crippen LogP contribution in [0.25, 0.3) is 0 Å². The van der Waals surface area contributed by atoms with Gasteiger partial charge in [-0.2, -0.15) is 0 Å². The van der Waals surface area contributed by atoms with Gasteiger partial charge in [-0.25, -0.2) is 4.79 Å². The SMILES string of the molecule is COC(=O)CNC(=O)Nc1c(OC)cccc1OC. The molecule has 0 saturated carbocycles. The lowest BCUT2D eigenvalue weighted by atomic mass is 10.2. The molecule has 0 aliphatic rings. The fourth-order valence-electron chi connectivity index (χ4n) is 1.36. The maximum Gasteiger partial charge on any atom is 0.325 e. The van der Waals surface area contributed by atoms with E-state index in [9.17, 15) is 9.59 Å². The number of benzene rings is 1. The number of amides is 2. The number of anilines is 1. The number of urea groups is 1. The summed E-state index contributed by atoms with van der Waals surface area (Å²) in [5, 5.41) is 4.90. The molecule has 0 heterocycles. The zero-order valence-corrected chi connectivity index (χ0v) is 11.0. The molecule has 0 aromatic heterocycles. The third-order valence-corrected chi connectivity index (χ3v) is 2.29. The Hall–Kier alpha value is -2.44. The summed E-state index contributed by atoms with van der Waals surface area (Å²) in [6.07, 6.45) is 0. The van der Waals surface area contributed by atoms with E-state index in [-0.39, 0.29) is 6.54 Å². The molecule has 0 saturated heterocycles. The van der Waals surface area contributed by atoms with Gasteiger partial charge in [-0.05, 0) is 12.1 Å². The van der Waals surface area contributed by atoms with E-state index >= 15 is 0 Å². The Labute approximate surface area is 110 Å². The summed E-state index contributed by atoms with van der Waals surface area (Å²) in [6.45, 7) is -0.222. The number of nitrogens with one attached hydrogen (secondary N) is 2. The number of hydrogen-bond acceptors (Lipinski definition) is 5. The lowest BCUT2D eigenvalue weighted by Gasteiger charge is -2.14. The summed E-state index contributed by atoms with van der Waals surface area (Å²) in [6, 6.07) is 4.53. The van der Waals surface area contributed by atoms with Gasteiger partial charge in [0.2, 0.25) is 0 Å². The second-order valence-electron chi connectivity index (χ2n) is 3.42. The van der Waals surface area contributed by atoms with E-state index in [1.807, 2.05) is 0 Å². The molecule has 0 bridgehead atoms. The third kappa shape index (κ3) is 4.06.